The molecule has 1 heterocycles. The van der Waals surface area contributed by atoms with Gasteiger partial charge in [-0.1, -0.05) is 25.7 Å². The fraction of sp³-hybridized carbons (Fsp3) is 0.667. The molecule has 2 aliphatic rings. The van der Waals surface area contributed by atoms with Gasteiger partial charge in [-0.05, 0) is 36.8 Å². The average molecular weight is 467 g/mol. The second kappa shape index (κ2) is 11.4. The van der Waals surface area contributed by atoms with E-state index in [2.05, 4.69) is 21.4 Å². The molecule has 0 radical (unpaired) electrons. The normalized spacial score (nSPS) is 16.9. The number of nitrogens with zero attached hydrogens (tertiary/aromatic N) is 5. The van der Waals surface area contributed by atoms with Crippen LogP contribution in [0.2, 0.25) is 5.28 Å². The Balaban J connectivity index is 1.71. The number of anilines is 1. The maximum atomic E-state index is 15.2. The summed E-state index contributed by atoms with van der Waals surface area (Å²) in [6, 6.07) is 2.17. The summed E-state index contributed by atoms with van der Waals surface area (Å²) in [6.07, 6.45) is 7.02. The smallest absolute Gasteiger partial charge is 0.233 e. The van der Waals surface area contributed by atoms with E-state index in [4.69, 9.17) is 16.9 Å². The number of carbonyl (C=O) groups excluding carboxylic acids is 2. The van der Waals surface area contributed by atoms with Gasteiger partial charge in [0.2, 0.25) is 17.6 Å². The van der Waals surface area contributed by atoms with Crippen LogP contribution in [0.3, 0.4) is 0 Å². The summed E-state index contributed by atoms with van der Waals surface area (Å²) in [5.41, 5.74) is -0.0492. The molecule has 11 heteroatoms. The Labute approximate surface area is 191 Å². The first-order chi connectivity index (χ1) is 15.4. The number of hydrogen-bond donors (Lipinski definition) is 2. The van der Waals surface area contributed by atoms with Gasteiger partial charge in [-0.3, -0.25) is 14.8 Å². The van der Waals surface area contributed by atoms with Gasteiger partial charge in [0.05, 0.1) is 31.5 Å². The molecule has 9 nitrogen and oxygen atoms in total. The van der Waals surface area contributed by atoms with Crippen LogP contribution in [-0.4, -0.2) is 51.7 Å². The van der Waals surface area contributed by atoms with Gasteiger partial charge in [-0.15, -0.1) is 0 Å². The predicted octanol–water partition coefficient (Wildman–Crippen LogP) is 2.81. The predicted molar refractivity (Wildman–Crippen MR) is 114 cm³/mol. The average Bonchev–Trinajstić information content (AvgIpc) is 3.49. The topological polar surface area (TPSA) is 122 Å². The van der Waals surface area contributed by atoms with E-state index in [0.717, 1.165) is 38.5 Å². The maximum Gasteiger partial charge on any atom is 0.233 e. The number of carbonyl (C=O) groups is 2. The Kier molecular flexibility index (Phi) is 8.59. The number of nitriles is 1. The molecule has 0 aliphatic heterocycles. The lowest BCUT2D eigenvalue weighted by Gasteiger charge is -2.24. The van der Waals surface area contributed by atoms with Crippen molar-refractivity contribution < 1.29 is 19.2 Å². The molecule has 1 atom stereocenters. The molecule has 1 aromatic heterocycles. The van der Waals surface area contributed by atoms with Gasteiger partial charge in [0, 0.05) is 12.6 Å². The summed E-state index contributed by atoms with van der Waals surface area (Å²) in [4.78, 5) is 33.4. The number of amides is 2. The zero-order valence-corrected chi connectivity index (χ0v) is 18.6. The van der Waals surface area contributed by atoms with Gasteiger partial charge < -0.3 is 10.2 Å². The highest BCUT2D eigenvalue weighted by molar-refractivity contribution is 6.28. The van der Waals surface area contributed by atoms with E-state index in [9.17, 15) is 14.8 Å². The highest BCUT2D eigenvalue weighted by Crippen LogP contribution is 2.33. The second-order valence-corrected chi connectivity index (χ2v) is 8.78. The van der Waals surface area contributed by atoms with Crippen LogP contribution >= 0.6 is 11.6 Å². The van der Waals surface area contributed by atoms with Gasteiger partial charge in [-0.2, -0.15) is 10.2 Å². The first-order valence-corrected chi connectivity index (χ1v) is 11.3. The summed E-state index contributed by atoms with van der Waals surface area (Å²) in [5, 5.41) is 21.5. The number of nitrogens with one attached hydrogen (secondary N) is 1. The molecule has 174 valence electrons. The lowest BCUT2D eigenvalue weighted by molar-refractivity contribution is -0.155. The summed E-state index contributed by atoms with van der Waals surface area (Å²) in [7, 11) is 0. The molecule has 2 N–H and O–H groups in total. The molecular formula is C21H28ClFN6O3. The lowest BCUT2D eigenvalue weighted by Crippen LogP contribution is -2.38. The fourth-order valence-electron chi connectivity index (χ4n) is 4.27. The van der Waals surface area contributed by atoms with Crippen LogP contribution in [0.1, 0.15) is 57.1 Å². The third kappa shape index (κ3) is 6.50. The number of halogens is 2. The third-order valence-corrected chi connectivity index (χ3v) is 6.19. The van der Waals surface area contributed by atoms with Crippen molar-refractivity contribution in [1.29, 1.82) is 5.26 Å². The Hall–Kier alpha value is -2.51. The molecule has 0 unspecified atom stereocenters. The first-order valence-electron chi connectivity index (χ1n) is 11.0. The maximum absolute atomic E-state index is 15.2. The molecule has 0 aromatic carbocycles. The van der Waals surface area contributed by atoms with Crippen molar-refractivity contribution in [1.82, 2.24) is 20.3 Å². The molecule has 3 rings (SSSR count). The highest BCUT2D eigenvalue weighted by atomic mass is 35.5. The zero-order chi connectivity index (χ0) is 23.1. The monoisotopic (exact) mass is 466 g/mol. The second-order valence-electron chi connectivity index (χ2n) is 8.44. The van der Waals surface area contributed by atoms with E-state index >= 15 is 4.39 Å². The number of hydroxylamine groups is 2. The van der Waals surface area contributed by atoms with Crippen LogP contribution in [0.25, 0.3) is 0 Å². The van der Waals surface area contributed by atoms with Crippen LogP contribution in [0.15, 0.2) is 0 Å². The van der Waals surface area contributed by atoms with Gasteiger partial charge >= 0.3 is 0 Å². The zero-order valence-electron chi connectivity index (χ0n) is 17.8. The summed E-state index contributed by atoms with van der Waals surface area (Å²) < 4.78 is 15.2. The molecule has 0 bridgehead atoms. The molecule has 2 amide bonds. The Morgan fingerprint density at radius 2 is 2.06 bits per heavy atom. The number of hydrogen-bond acceptors (Lipinski definition) is 7. The minimum absolute atomic E-state index is 0.0389. The fourth-order valence-corrected chi connectivity index (χ4v) is 4.46. The van der Waals surface area contributed by atoms with Crippen LogP contribution < -0.4 is 10.2 Å². The van der Waals surface area contributed by atoms with Crippen LogP contribution in [0.5, 0.6) is 0 Å². The van der Waals surface area contributed by atoms with E-state index in [-0.39, 0.29) is 48.8 Å². The minimum atomic E-state index is -0.677. The van der Waals surface area contributed by atoms with Gasteiger partial charge in [0.25, 0.3) is 0 Å². The Bertz CT molecular complexity index is 857. The standard InChI is InChI=1S/C21H28ClFN6O3/c22-21-26-17(18(23)19(27-21)29(9-3-8-24)16-6-7-16)11-25-20(31)15(12-28(32)13-30)10-14-4-1-2-5-14/h13-16,32H,1-7,9-12H2,(H,25,31)/t15-/m1/s1. The molecule has 0 spiro atoms. The van der Waals surface area contributed by atoms with Gasteiger partial charge in [0.15, 0.2) is 11.6 Å². The molecule has 1 aromatic rings. The molecule has 2 saturated carbocycles. The van der Waals surface area contributed by atoms with E-state index < -0.39 is 17.6 Å². The van der Waals surface area contributed by atoms with Crippen LogP contribution in [0.4, 0.5) is 10.2 Å². The van der Waals surface area contributed by atoms with E-state index in [0.29, 0.717) is 23.9 Å². The Morgan fingerprint density at radius 1 is 1.34 bits per heavy atom. The molecule has 0 saturated heterocycles. The van der Waals surface area contributed by atoms with Crippen molar-refractivity contribution in [2.24, 2.45) is 11.8 Å². The highest BCUT2D eigenvalue weighted by Gasteiger charge is 2.33. The molecule has 2 fully saturated rings. The van der Waals surface area contributed by atoms with Crippen molar-refractivity contribution in [2.75, 3.05) is 18.0 Å². The Morgan fingerprint density at radius 3 is 2.69 bits per heavy atom. The molecule has 32 heavy (non-hydrogen) atoms. The van der Waals surface area contributed by atoms with E-state index in [1.807, 2.05) is 0 Å². The minimum Gasteiger partial charge on any atom is -0.350 e. The third-order valence-electron chi connectivity index (χ3n) is 6.02. The summed E-state index contributed by atoms with van der Waals surface area (Å²) in [6.45, 7) is -0.00319. The van der Waals surface area contributed by atoms with Crippen LogP contribution in [-0.2, 0) is 16.1 Å². The SMILES string of the molecule is N#CCCN(c1nc(Cl)nc(CNC(=O)[C@H](CC2CCCC2)CN(O)C=O)c1F)C1CC1. The first kappa shape index (κ1) is 24.1. The lowest BCUT2D eigenvalue weighted by atomic mass is 9.92. The van der Waals surface area contributed by atoms with E-state index in [1.54, 1.807) is 4.90 Å². The van der Waals surface area contributed by atoms with Gasteiger partial charge in [0.1, 0.15) is 5.69 Å². The van der Waals surface area contributed by atoms with Gasteiger partial charge in [-0.25, -0.2) is 14.4 Å². The summed E-state index contributed by atoms with van der Waals surface area (Å²) >= 11 is 6.03. The van der Waals surface area contributed by atoms with Crippen LogP contribution in [0, 0.1) is 29.0 Å². The van der Waals surface area contributed by atoms with Crippen molar-refractivity contribution in [3.05, 3.63) is 16.8 Å². The number of aromatic nitrogens is 2. The quantitative estimate of drug-likeness (QED) is 0.210. The molecule has 2 aliphatic carbocycles. The largest absolute Gasteiger partial charge is 0.350 e. The van der Waals surface area contributed by atoms with E-state index in [1.165, 1.54) is 0 Å². The van der Waals surface area contributed by atoms with Crippen molar-refractivity contribution in [3.63, 3.8) is 0 Å². The molecular weight excluding hydrogens is 439 g/mol. The van der Waals surface area contributed by atoms with Crippen molar-refractivity contribution >= 4 is 29.7 Å². The number of rotatable bonds is 12. The summed E-state index contributed by atoms with van der Waals surface area (Å²) in [5.74, 6) is -1.29. The van der Waals surface area contributed by atoms with Crippen molar-refractivity contribution in [3.8, 4) is 6.07 Å². The van der Waals surface area contributed by atoms with Crippen molar-refractivity contribution in [2.45, 2.75) is 64.0 Å².